The van der Waals surface area contributed by atoms with Crippen molar-refractivity contribution in [3.05, 3.63) is 29.3 Å². The topological polar surface area (TPSA) is 32.7 Å². The zero-order valence-electron chi connectivity index (χ0n) is 12.4. The third-order valence-electron chi connectivity index (χ3n) is 4.12. The Morgan fingerprint density at radius 1 is 1.37 bits per heavy atom. The van der Waals surface area contributed by atoms with Gasteiger partial charge in [-0.05, 0) is 58.0 Å². The molecule has 0 saturated heterocycles. The van der Waals surface area contributed by atoms with E-state index in [1.165, 1.54) is 11.1 Å². The lowest BCUT2D eigenvalue weighted by Crippen LogP contribution is -2.31. The van der Waals surface area contributed by atoms with E-state index in [4.69, 9.17) is 4.74 Å². The van der Waals surface area contributed by atoms with E-state index < -0.39 is 0 Å². The molecule has 0 aliphatic heterocycles. The van der Waals surface area contributed by atoms with E-state index in [0.29, 0.717) is 6.61 Å². The molecule has 1 atom stereocenters. The Labute approximate surface area is 116 Å². The molecule has 0 amide bonds. The van der Waals surface area contributed by atoms with Crippen molar-refractivity contribution in [3.63, 3.8) is 0 Å². The van der Waals surface area contributed by atoms with Crippen molar-refractivity contribution >= 4 is 0 Å². The molecule has 106 valence electrons. The van der Waals surface area contributed by atoms with E-state index in [1.807, 2.05) is 6.92 Å². The fraction of sp³-hybridized carbons (Fsp3) is 0.625. The van der Waals surface area contributed by atoms with E-state index >= 15 is 0 Å². The van der Waals surface area contributed by atoms with Crippen LogP contribution < -0.4 is 4.74 Å². The largest absolute Gasteiger partial charge is 0.494 e. The normalized spacial score (nSPS) is 18.4. The molecule has 1 aromatic rings. The van der Waals surface area contributed by atoms with Gasteiger partial charge in [-0.25, -0.2) is 0 Å². The van der Waals surface area contributed by atoms with E-state index in [0.717, 1.165) is 18.6 Å². The molecule has 0 aromatic heterocycles. The molecule has 1 aliphatic rings. The first-order valence-electron chi connectivity index (χ1n) is 7.04. The van der Waals surface area contributed by atoms with Crippen LogP contribution in [0.2, 0.25) is 0 Å². The van der Waals surface area contributed by atoms with Crippen molar-refractivity contribution in [2.45, 2.75) is 32.7 Å². The van der Waals surface area contributed by atoms with Crippen LogP contribution in [0.3, 0.4) is 0 Å². The minimum atomic E-state index is 0.0586. The van der Waals surface area contributed by atoms with E-state index in [9.17, 15) is 5.11 Å². The van der Waals surface area contributed by atoms with Gasteiger partial charge in [-0.2, -0.15) is 0 Å². The van der Waals surface area contributed by atoms with Gasteiger partial charge in [0.15, 0.2) is 0 Å². The van der Waals surface area contributed by atoms with Gasteiger partial charge >= 0.3 is 0 Å². The Kier molecular flexibility index (Phi) is 4.16. The third kappa shape index (κ3) is 2.77. The standard InChI is InChI=1S/C16H25NO2/c1-5-19-14-7-6-13(10-12(14)2)15(17(3)4)16(11-18)8-9-16/h6-7,10,15,18H,5,8-9,11H2,1-4H3. The fourth-order valence-corrected chi connectivity index (χ4v) is 3.04. The highest BCUT2D eigenvalue weighted by atomic mass is 16.5. The van der Waals surface area contributed by atoms with E-state index in [-0.39, 0.29) is 18.1 Å². The third-order valence-corrected chi connectivity index (χ3v) is 4.12. The van der Waals surface area contributed by atoms with Crippen molar-refractivity contribution < 1.29 is 9.84 Å². The molecule has 19 heavy (non-hydrogen) atoms. The second kappa shape index (κ2) is 5.51. The molecule has 0 radical (unpaired) electrons. The first-order valence-corrected chi connectivity index (χ1v) is 7.04. The van der Waals surface area contributed by atoms with Crippen LogP contribution in [0.4, 0.5) is 0 Å². The van der Waals surface area contributed by atoms with Crippen LogP contribution in [0.15, 0.2) is 18.2 Å². The minimum absolute atomic E-state index is 0.0586. The zero-order valence-corrected chi connectivity index (χ0v) is 12.4. The number of aliphatic hydroxyl groups excluding tert-OH is 1. The molecule has 1 aliphatic carbocycles. The maximum Gasteiger partial charge on any atom is 0.122 e. The molecule has 1 saturated carbocycles. The highest BCUT2D eigenvalue weighted by molar-refractivity contribution is 5.38. The molecule has 2 rings (SSSR count). The maximum atomic E-state index is 9.69. The summed E-state index contributed by atoms with van der Waals surface area (Å²) in [4.78, 5) is 2.22. The van der Waals surface area contributed by atoms with Crippen molar-refractivity contribution in [1.82, 2.24) is 4.90 Å². The lowest BCUT2D eigenvalue weighted by atomic mass is 9.89. The highest BCUT2D eigenvalue weighted by Gasteiger charge is 2.50. The molecule has 0 bridgehead atoms. The van der Waals surface area contributed by atoms with Crippen LogP contribution in [0.1, 0.15) is 36.9 Å². The van der Waals surface area contributed by atoms with Gasteiger partial charge in [-0.3, -0.25) is 0 Å². The van der Waals surface area contributed by atoms with Gasteiger partial charge in [0.2, 0.25) is 0 Å². The van der Waals surface area contributed by atoms with Crippen LogP contribution in [-0.2, 0) is 0 Å². The van der Waals surface area contributed by atoms with Crippen molar-refractivity contribution in [2.24, 2.45) is 5.41 Å². The summed E-state index contributed by atoms with van der Waals surface area (Å²) in [5.74, 6) is 0.956. The molecule has 1 fully saturated rings. The van der Waals surface area contributed by atoms with Gasteiger partial charge < -0.3 is 14.7 Å². The number of benzene rings is 1. The fourth-order valence-electron chi connectivity index (χ4n) is 3.04. The van der Waals surface area contributed by atoms with Crippen LogP contribution in [0, 0.1) is 12.3 Å². The summed E-state index contributed by atoms with van der Waals surface area (Å²) < 4.78 is 5.60. The predicted molar refractivity (Wildman–Crippen MR) is 77.5 cm³/mol. The Hall–Kier alpha value is -1.06. The first-order chi connectivity index (χ1) is 9.04. The van der Waals surface area contributed by atoms with Crippen LogP contribution in [0.5, 0.6) is 5.75 Å². The predicted octanol–water partition coefficient (Wildman–Crippen LogP) is 2.77. The monoisotopic (exact) mass is 263 g/mol. The zero-order chi connectivity index (χ0) is 14.0. The second-order valence-corrected chi connectivity index (χ2v) is 5.84. The van der Waals surface area contributed by atoms with Crippen LogP contribution >= 0.6 is 0 Å². The summed E-state index contributed by atoms with van der Waals surface area (Å²) in [5, 5.41) is 9.69. The Balaban J connectivity index is 2.30. The van der Waals surface area contributed by atoms with E-state index in [2.05, 4.69) is 44.1 Å². The number of rotatable bonds is 6. The molecule has 1 unspecified atom stereocenters. The summed E-state index contributed by atoms with van der Waals surface area (Å²) in [6, 6.07) is 6.67. The first kappa shape index (κ1) is 14.4. The number of ether oxygens (including phenoxy) is 1. The average molecular weight is 263 g/mol. The lowest BCUT2D eigenvalue weighted by Gasteiger charge is -2.32. The molecule has 0 heterocycles. The van der Waals surface area contributed by atoms with Crippen molar-refractivity contribution in [1.29, 1.82) is 0 Å². The number of aryl methyl sites for hydroxylation is 1. The summed E-state index contributed by atoms with van der Waals surface area (Å²) in [6.45, 7) is 5.04. The number of aliphatic hydroxyl groups is 1. The Morgan fingerprint density at radius 3 is 2.47 bits per heavy atom. The van der Waals surface area contributed by atoms with Gasteiger partial charge in [0, 0.05) is 11.5 Å². The Morgan fingerprint density at radius 2 is 2.05 bits per heavy atom. The van der Waals surface area contributed by atoms with Gasteiger partial charge in [-0.1, -0.05) is 12.1 Å². The SMILES string of the molecule is CCOc1ccc(C(N(C)C)C2(CO)CC2)cc1C. The van der Waals surface area contributed by atoms with Gasteiger partial charge in [0.1, 0.15) is 5.75 Å². The Bertz CT molecular complexity index is 438. The second-order valence-electron chi connectivity index (χ2n) is 5.84. The lowest BCUT2D eigenvalue weighted by molar-refractivity contribution is 0.115. The summed E-state index contributed by atoms with van der Waals surface area (Å²) in [7, 11) is 4.18. The molecule has 3 nitrogen and oxygen atoms in total. The van der Waals surface area contributed by atoms with Crippen LogP contribution in [-0.4, -0.2) is 37.3 Å². The molecule has 3 heteroatoms. The quantitative estimate of drug-likeness (QED) is 0.856. The number of nitrogens with zero attached hydrogens (tertiary/aromatic N) is 1. The van der Waals surface area contributed by atoms with Crippen molar-refractivity contribution in [2.75, 3.05) is 27.3 Å². The van der Waals surface area contributed by atoms with Crippen molar-refractivity contribution in [3.8, 4) is 5.75 Å². The molecular formula is C16H25NO2. The molecule has 1 aromatic carbocycles. The summed E-state index contributed by atoms with van der Waals surface area (Å²) >= 11 is 0. The molecule has 1 N–H and O–H groups in total. The van der Waals surface area contributed by atoms with Gasteiger partial charge in [0.25, 0.3) is 0 Å². The average Bonchev–Trinajstić information content (AvgIpc) is 3.13. The smallest absolute Gasteiger partial charge is 0.122 e. The highest BCUT2D eigenvalue weighted by Crippen LogP contribution is 2.56. The molecular weight excluding hydrogens is 238 g/mol. The van der Waals surface area contributed by atoms with Gasteiger partial charge in [0.05, 0.1) is 13.2 Å². The summed E-state index contributed by atoms with van der Waals surface area (Å²) in [5.41, 5.74) is 2.50. The summed E-state index contributed by atoms with van der Waals surface area (Å²) in [6.07, 6.45) is 2.22. The van der Waals surface area contributed by atoms with Crippen LogP contribution in [0.25, 0.3) is 0 Å². The minimum Gasteiger partial charge on any atom is -0.494 e. The molecule has 0 spiro atoms. The number of hydrogen-bond acceptors (Lipinski definition) is 3. The maximum absolute atomic E-state index is 9.69. The van der Waals surface area contributed by atoms with Gasteiger partial charge in [-0.15, -0.1) is 0 Å². The van der Waals surface area contributed by atoms with E-state index in [1.54, 1.807) is 0 Å². The number of hydrogen-bond donors (Lipinski definition) is 1.